The molecule has 0 radical (unpaired) electrons. The molecule has 0 atom stereocenters. The molecule has 1 aliphatic heterocycles. The third-order valence-corrected chi connectivity index (χ3v) is 4.96. The van der Waals surface area contributed by atoms with E-state index in [1.807, 2.05) is 6.07 Å². The molecule has 3 rings (SSSR count). The number of piperazine rings is 1. The molecular weight excluding hydrogens is 348 g/mol. The van der Waals surface area contributed by atoms with Gasteiger partial charge < -0.3 is 19.9 Å². The van der Waals surface area contributed by atoms with Gasteiger partial charge in [-0.25, -0.2) is 4.79 Å². The van der Waals surface area contributed by atoms with E-state index in [-0.39, 0.29) is 17.9 Å². The van der Waals surface area contributed by atoms with Crippen LogP contribution >= 0.6 is 0 Å². The van der Waals surface area contributed by atoms with E-state index in [0.717, 1.165) is 0 Å². The summed E-state index contributed by atoms with van der Waals surface area (Å²) in [5.74, 6) is -0.498. The van der Waals surface area contributed by atoms with Crippen LogP contribution in [0.15, 0.2) is 24.3 Å². The van der Waals surface area contributed by atoms with Crippen LogP contribution in [0.4, 0.5) is 10.5 Å². The van der Waals surface area contributed by atoms with Gasteiger partial charge in [-0.1, -0.05) is 0 Å². The standard InChI is InChI=1S/C19H22N4O4/c1-2-27-18(26)23-11-9-22(10-12-23)17(25)19(7-8-19)16(24)21-15-5-3-14(13-20)4-6-15/h3-6H,2,7-12H2,1H3,(H,21,24). The maximum absolute atomic E-state index is 12.9. The van der Waals surface area contributed by atoms with Crippen LogP contribution in [0.3, 0.4) is 0 Å². The monoisotopic (exact) mass is 370 g/mol. The lowest BCUT2D eigenvalue weighted by atomic mass is 10.0. The van der Waals surface area contributed by atoms with E-state index in [2.05, 4.69) is 5.32 Å². The van der Waals surface area contributed by atoms with Crippen LogP contribution in [0.25, 0.3) is 0 Å². The quantitative estimate of drug-likeness (QED) is 0.811. The predicted molar refractivity (Wildman–Crippen MR) is 96.6 cm³/mol. The minimum absolute atomic E-state index is 0.183. The largest absolute Gasteiger partial charge is 0.450 e. The topological polar surface area (TPSA) is 103 Å². The number of benzene rings is 1. The van der Waals surface area contributed by atoms with E-state index in [0.29, 0.717) is 56.9 Å². The maximum atomic E-state index is 12.9. The summed E-state index contributed by atoms with van der Waals surface area (Å²) in [5.41, 5.74) is 0.0508. The lowest BCUT2D eigenvalue weighted by molar-refractivity contribution is -0.143. The van der Waals surface area contributed by atoms with Crippen molar-refractivity contribution in [1.29, 1.82) is 5.26 Å². The van der Waals surface area contributed by atoms with Crippen LogP contribution in [0.1, 0.15) is 25.3 Å². The highest BCUT2D eigenvalue weighted by Crippen LogP contribution is 2.48. The molecule has 1 N–H and O–H groups in total. The minimum Gasteiger partial charge on any atom is -0.450 e. The van der Waals surface area contributed by atoms with E-state index in [1.54, 1.807) is 41.0 Å². The molecule has 2 aliphatic rings. The summed E-state index contributed by atoms with van der Waals surface area (Å²) in [6, 6.07) is 8.55. The number of hydrogen-bond acceptors (Lipinski definition) is 5. The van der Waals surface area contributed by atoms with Gasteiger partial charge >= 0.3 is 6.09 Å². The van der Waals surface area contributed by atoms with Crippen molar-refractivity contribution in [2.75, 3.05) is 38.1 Å². The average molecular weight is 370 g/mol. The van der Waals surface area contributed by atoms with Gasteiger partial charge in [0.2, 0.25) is 11.8 Å². The Labute approximate surface area is 157 Å². The Morgan fingerprint density at radius 2 is 1.70 bits per heavy atom. The number of amides is 3. The molecule has 0 spiro atoms. The number of nitrogens with zero attached hydrogens (tertiary/aromatic N) is 3. The Hall–Kier alpha value is -3.08. The van der Waals surface area contributed by atoms with Gasteiger partial charge in [-0.15, -0.1) is 0 Å². The molecule has 8 heteroatoms. The first-order valence-electron chi connectivity index (χ1n) is 9.03. The molecule has 1 saturated heterocycles. The maximum Gasteiger partial charge on any atom is 0.409 e. The molecule has 2 fully saturated rings. The molecular formula is C19H22N4O4. The first-order chi connectivity index (χ1) is 13.0. The second kappa shape index (κ2) is 7.66. The smallest absolute Gasteiger partial charge is 0.409 e. The number of anilines is 1. The summed E-state index contributed by atoms with van der Waals surface area (Å²) < 4.78 is 4.98. The first-order valence-corrected chi connectivity index (χ1v) is 9.03. The Balaban J connectivity index is 1.58. The van der Waals surface area contributed by atoms with Crippen molar-refractivity contribution >= 4 is 23.6 Å². The van der Waals surface area contributed by atoms with Crippen molar-refractivity contribution in [3.8, 4) is 6.07 Å². The molecule has 1 heterocycles. The second-order valence-electron chi connectivity index (χ2n) is 6.70. The second-order valence-corrected chi connectivity index (χ2v) is 6.70. The fourth-order valence-electron chi connectivity index (χ4n) is 3.15. The fraction of sp³-hybridized carbons (Fsp3) is 0.474. The van der Waals surface area contributed by atoms with Gasteiger partial charge in [0.25, 0.3) is 0 Å². The van der Waals surface area contributed by atoms with Crippen LogP contribution < -0.4 is 5.32 Å². The average Bonchev–Trinajstić information content (AvgIpc) is 3.50. The van der Waals surface area contributed by atoms with Crippen molar-refractivity contribution < 1.29 is 19.1 Å². The Bertz CT molecular complexity index is 772. The number of nitrogens with one attached hydrogen (secondary N) is 1. The summed E-state index contributed by atoms with van der Waals surface area (Å²) >= 11 is 0. The van der Waals surface area contributed by atoms with Crippen molar-refractivity contribution in [3.63, 3.8) is 0 Å². The van der Waals surface area contributed by atoms with Crippen molar-refractivity contribution in [2.24, 2.45) is 5.41 Å². The lowest BCUT2D eigenvalue weighted by Crippen LogP contribution is -2.53. The third-order valence-electron chi connectivity index (χ3n) is 4.96. The summed E-state index contributed by atoms with van der Waals surface area (Å²) in [4.78, 5) is 40.6. The lowest BCUT2D eigenvalue weighted by Gasteiger charge is -2.35. The molecule has 1 aliphatic carbocycles. The normalized spacial score (nSPS) is 17.6. The zero-order valence-corrected chi connectivity index (χ0v) is 15.2. The molecule has 1 saturated carbocycles. The van der Waals surface area contributed by atoms with E-state index < -0.39 is 5.41 Å². The van der Waals surface area contributed by atoms with Gasteiger partial charge in [-0.2, -0.15) is 5.26 Å². The Morgan fingerprint density at radius 1 is 1.11 bits per heavy atom. The van der Waals surface area contributed by atoms with Crippen molar-refractivity contribution in [2.45, 2.75) is 19.8 Å². The number of hydrogen-bond donors (Lipinski definition) is 1. The number of carbonyl (C=O) groups is 3. The van der Waals surface area contributed by atoms with Crippen molar-refractivity contribution in [1.82, 2.24) is 9.80 Å². The molecule has 0 unspecified atom stereocenters. The molecule has 142 valence electrons. The van der Waals surface area contributed by atoms with Crippen LogP contribution in [-0.4, -0.2) is 60.5 Å². The molecule has 1 aromatic rings. The highest BCUT2D eigenvalue weighted by molar-refractivity contribution is 6.13. The van der Waals surface area contributed by atoms with Crippen LogP contribution in [0, 0.1) is 16.7 Å². The molecule has 27 heavy (non-hydrogen) atoms. The van der Waals surface area contributed by atoms with E-state index >= 15 is 0 Å². The summed E-state index contributed by atoms with van der Waals surface area (Å²) in [6.07, 6.45) is 0.669. The van der Waals surface area contributed by atoms with E-state index in [4.69, 9.17) is 10.00 Å². The van der Waals surface area contributed by atoms with Crippen LogP contribution in [0.2, 0.25) is 0 Å². The predicted octanol–water partition coefficient (Wildman–Crippen LogP) is 1.58. The van der Waals surface area contributed by atoms with Crippen molar-refractivity contribution in [3.05, 3.63) is 29.8 Å². The van der Waals surface area contributed by atoms with Crippen LogP contribution in [0.5, 0.6) is 0 Å². The number of rotatable bonds is 4. The summed E-state index contributed by atoms with van der Waals surface area (Å²) in [6.45, 7) is 3.65. The third kappa shape index (κ3) is 3.87. The van der Waals surface area contributed by atoms with E-state index in [1.165, 1.54) is 0 Å². The highest BCUT2D eigenvalue weighted by atomic mass is 16.6. The zero-order chi connectivity index (χ0) is 19.4. The number of carbonyl (C=O) groups excluding carboxylic acids is 3. The van der Waals surface area contributed by atoms with Crippen LogP contribution in [-0.2, 0) is 14.3 Å². The Morgan fingerprint density at radius 3 is 2.22 bits per heavy atom. The summed E-state index contributed by atoms with van der Waals surface area (Å²) in [5, 5.41) is 11.6. The summed E-state index contributed by atoms with van der Waals surface area (Å²) in [7, 11) is 0. The Kier molecular flexibility index (Phi) is 5.31. The van der Waals surface area contributed by atoms with E-state index in [9.17, 15) is 14.4 Å². The minimum atomic E-state index is -1.01. The molecule has 8 nitrogen and oxygen atoms in total. The van der Waals surface area contributed by atoms with Gasteiger partial charge in [0.05, 0.1) is 18.2 Å². The SMILES string of the molecule is CCOC(=O)N1CCN(C(=O)C2(C(=O)Nc3ccc(C#N)cc3)CC2)CC1. The molecule has 0 aromatic heterocycles. The van der Waals surface area contributed by atoms with Gasteiger partial charge in [0, 0.05) is 31.9 Å². The highest BCUT2D eigenvalue weighted by Gasteiger charge is 2.58. The van der Waals surface area contributed by atoms with Gasteiger partial charge in [0.15, 0.2) is 0 Å². The van der Waals surface area contributed by atoms with Gasteiger partial charge in [0.1, 0.15) is 5.41 Å². The van der Waals surface area contributed by atoms with Gasteiger partial charge in [-0.3, -0.25) is 9.59 Å². The zero-order valence-electron chi connectivity index (χ0n) is 15.2. The molecule has 3 amide bonds. The molecule has 0 bridgehead atoms. The first kappa shape index (κ1) is 18.7. The number of ether oxygens (including phenoxy) is 1. The fourth-order valence-corrected chi connectivity index (χ4v) is 3.15. The number of nitriles is 1. The van der Waals surface area contributed by atoms with Gasteiger partial charge in [-0.05, 0) is 44.0 Å². The molecule has 1 aromatic carbocycles.